The van der Waals surface area contributed by atoms with Gasteiger partial charge >= 0.3 is 0 Å². The number of pyridine rings is 1. The first-order valence-corrected chi connectivity index (χ1v) is 6.04. The Hall–Kier alpha value is -2.60. The molecule has 6 nitrogen and oxygen atoms in total. The first kappa shape index (κ1) is 13.8. The molecule has 1 amide bonds. The van der Waals surface area contributed by atoms with E-state index >= 15 is 0 Å². The van der Waals surface area contributed by atoms with Gasteiger partial charge < -0.3 is 5.73 Å². The third-order valence-corrected chi connectivity index (χ3v) is 3.27. The molecule has 0 aliphatic heterocycles. The molecule has 2 aromatic heterocycles. The molecule has 0 saturated carbocycles. The van der Waals surface area contributed by atoms with E-state index in [0.29, 0.717) is 4.88 Å². The summed E-state index contributed by atoms with van der Waals surface area (Å²) in [4.78, 5) is 19.3. The zero-order valence-corrected chi connectivity index (χ0v) is 10.9. The third-order valence-electron chi connectivity index (χ3n) is 2.32. The minimum absolute atomic E-state index is 0.0141. The molecule has 2 N–H and O–H groups in total. The number of nitrogens with zero attached hydrogens (tertiary/aromatic N) is 4. The first-order valence-electron chi connectivity index (χ1n) is 5.22. The number of primary amides is 1. The Kier molecular flexibility index (Phi) is 3.58. The Morgan fingerprint density at radius 2 is 2.00 bits per heavy atom. The molecule has 0 aliphatic carbocycles. The van der Waals surface area contributed by atoms with Gasteiger partial charge in [-0.3, -0.25) is 4.79 Å². The molecule has 20 heavy (non-hydrogen) atoms. The van der Waals surface area contributed by atoms with Crippen LogP contribution < -0.4 is 10.6 Å². The third kappa shape index (κ3) is 2.55. The van der Waals surface area contributed by atoms with Crippen molar-refractivity contribution in [3.63, 3.8) is 0 Å². The van der Waals surface area contributed by atoms with Gasteiger partial charge in [-0.25, -0.2) is 9.88 Å². The van der Waals surface area contributed by atoms with E-state index in [9.17, 15) is 13.6 Å². The summed E-state index contributed by atoms with van der Waals surface area (Å²) in [6, 6.07) is 1.76. The van der Waals surface area contributed by atoms with Gasteiger partial charge in [-0.1, -0.05) is 0 Å². The van der Waals surface area contributed by atoms with Crippen LogP contribution in [0.3, 0.4) is 0 Å². The maximum atomic E-state index is 13.1. The molecule has 0 radical (unpaired) electrons. The summed E-state index contributed by atoms with van der Waals surface area (Å²) >= 11 is 1.01. The summed E-state index contributed by atoms with van der Waals surface area (Å²) in [7, 11) is 0. The van der Waals surface area contributed by atoms with Crippen molar-refractivity contribution in [1.82, 2.24) is 9.97 Å². The molecule has 0 bridgehead atoms. The number of rotatable bonds is 3. The van der Waals surface area contributed by atoms with Gasteiger partial charge in [0, 0.05) is 17.0 Å². The van der Waals surface area contributed by atoms with Crippen LogP contribution in [0.4, 0.5) is 19.6 Å². The SMILES string of the molecule is Cc1sc(N(C#N)c2cc(F)nc(F)c2)nc1C(N)=O. The van der Waals surface area contributed by atoms with Crippen molar-refractivity contribution < 1.29 is 13.6 Å². The number of aromatic nitrogens is 2. The summed E-state index contributed by atoms with van der Waals surface area (Å²) in [5.74, 6) is -2.87. The van der Waals surface area contributed by atoms with Crippen LogP contribution in [-0.2, 0) is 0 Å². The molecule has 0 unspecified atom stereocenters. The van der Waals surface area contributed by atoms with E-state index < -0.39 is 17.8 Å². The van der Waals surface area contributed by atoms with Crippen LogP contribution in [0.2, 0.25) is 0 Å². The first-order chi connectivity index (χ1) is 9.42. The highest BCUT2D eigenvalue weighted by Gasteiger charge is 2.19. The van der Waals surface area contributed by atoms with Gasteiger partial charge in [0.15, 0.2) is 6.19 Å². The number of anilines is 2. The van der Waals surface area contributed by atoms with Crippen LogP contribution in [0.5, 0.6) is 0 Å². The maximum absolute atomic E-state index is 13.1. The molecular weight excluding hydrogens is 288 g/mol. The van der Waals surface area contributed by atoms with Gasteiger partial charge in [0.2, 0.25) is 17.0 Å². The molecule has 0 aromatic carbocycles. The van der Waals surface area contributed by atoms with Crippen LogP contribution >= 0.6 is 11.3 Å². The van der Waals surface area contributed by atoms with Gasteiger partial charge in [-0.05, 0) is 6.92 Å². The van der Waals surface area contributed by atoms with Crippen molar-refractivity contribution >= 4 is 28.1 Å². The van der Waals surface area contributed by atoms with Gasteiger partial charge in [-0.2, -0.15) is 19.0 Å². The molecule has 0 saturated heterocycles. The fourth-order valence-electron chi connectivity index (χ4n) is 1.50. The molecular formula is C11H7F2N5OS. The zero-order chi connectivity index (χ0) is 14.9. The fraction of sp³-hybridized carbons (Fsp3) is 0.0909. The molecule has 0 aliphatic rings. The zero-order valence-electron chi connectivity index (χ0n) is 10.1. The predicted octanol–water partition coefficient (Wildman–Crippen LogP) is 1.84. The Balaban J connectivity index is 2.50. The monoisotopic (exact) mass is 295 g/mol. The number of halogens is 2. The Labute approximate surface area is 116 Å². The standard InChI is InChI=1S/C11H7F2N5OS/c1-5-9(10(15)19)17-11(20-5)18(4-14)6-2-7(12)16-8(13)3-6/h2-3H,1H3,(H2,15,19). The highest BCUT2D eigenvalue weighted by atomic mass is 32.1. The number of carbonyl (C=O) groups is 1. The number of thiazole rings is 1. The smallest absolute Gasteiger partial charge is 0.268 e. The average molecular weight is 295 g/mol. The van der Waals surface area contributed by atoms with Gasteiger partial charge in [0.1, 0.15) is 5.69 Å². The number of amides is 1. The molecule has 2 aromatic rings. The fourth-order valence-corrected chi connectivity index (χ4v) is 2.39. The summed E-state index contributed by atoms with van der Waals surface area (Å²) in [5.41, 5.74) is 5.06. The second-order valence-corrected chi connectivity index (χ2v) is 4.85. The number of nitrogens with two attached hydrogens (primary N) is 1. The summed E-state index contributed by atoms with van der Waals surface area (Å²) in [6.45, 7) is 1.60. The van der Waals surface area contributed by atoms with Crippen molar-refractivity contribution in [3.8, 4) is 6.19 Å². The number of aryl methyl sites for hydroxylation is 1. The van der Waals surface area contributed by atoms with E-state index in [1.54, 1.807) is 13.1 Å². The topological polar surface area (TPSA) is 95.9 Å². The molecule has 0 atom stereocenters. The summed E-state index contributed by atoms with van der Waals surface area (Å²) in [5, 5.41) is 9.20. The lowest BCUT2D eigenvalue weighted by molar-refractivity contribution is 0.0995. The van der Waals surface area contributed by atoms with Crippen molar-refractivity contribution in [3.05, 3.63) is 34.6 Å². The van der Waals surface area contributed by atoms with E-state index in [1.165, 1.54) is 0 Å². The molecule has 2 rings (SSSR count). The van der Waals surface area contributed by atoms with Crippen LogP contribution in [0.1, 0.15) is 15.4 Å². The van der Waals surface area contributed by atoms with E-state index in [4.69, 9.17) is 11.0 Å². The molecule has 9 heteroatoms. The van der Waals surface area contributed by atoms with Crippen molar-refractivity contribution in [2.24, 2.45) is 5.73 Å². The van der Waals surface area contributed by atoms with Crippen LogP contribution in [0, 0.1) is 30.3 Å². The van der Waals surface area contributed by atoms with Gasteiger partial charge in [-0.15, -0.1) is 11.3 Å². The van der Waals surface area contributed by atoms with E-state index in [1.807, 2.05) is 0 Å². The molecule has 2 heterocycles. The van der Waals surface area contributed by atoms with E-state index in [2.05, 4.69) is 9.97 Å². The van der Waals surface area contributed by atoms with Gasteiger partial charge in [0.05, 0.1) is 5.69 Å². The second kappa shape index (κ2) is 5.18. The summed E-state index contributed by atoms with van der Waals surface area (Å²) < 4.78 is 26.1. The molecule has 0 spiro atoms. The lowest BCUT2D eigenvalue weighted by atomic mass is 10.3. The van der Waals surface area contributed by atoms with Crippen molar-refractivity contribution in [1.29, 1.82) is 5.26 Å². The largest absolute Gasteiger partial charge is 0.364 e. The quantitative estimate of drug-likeness (QED) is 0.529. The number of carbonyl (C=O) groups excluding carboxylic acids is 1. The number of nitriles is 1. The van der Waals surface area contributed by atoms with Gasteiger partial charge in [0.25, 0.3) is 5.91 Å². The highest BCUT2D eigenvalue weighted by Crippen LogP contribution is 2.31. The number of hydrogen-bond donors (Lipinski definition) is 1. The van der Waals surface area contributed by atoms with Crippen molar-refractivity contribution in [2.75, 3.05) is 4.90 Å². The minimum Gasteiger partial charge on any atom is -0.364 e. The molecule has 102 valence electrons. The minimum atomic E-state index is -1.07. The molecule has 0 fully saturated rings. The predicted molar refractivity (Wildman–Crippen MR) is 67.3 cm³/mol. The highest BCUT2D eigenvalue weighted by molar-refractivity contribution is 7.16. The second-order valence-electron chi connectivity index (χ2n) is 3.67. The average Bonchev–Trinajstić information content (AvgIpc) is 2.71. The Morgan fingerprint density at radius 3 is 2.45 bits per heavy atom. The number of hydrogen-bond acceptors (Lipinski definition) is 6. The lowest BCUT2D eigenvalue weighted by Gasteiger charge is -2.11. The maximum Gasteiger partial charge on any atom is 0.268 e. The van der Waals surface area contributed by atoms with Crippen molar-refractivity contribution in [2.45, 2.75) is 6.92 Å². The van der Waals surface area contributed by atoms with E-state index in [0.717, 1.165) is 28.4 Å². The van der Waals surface area contributed by atoms with Crippen LogP contribution in [0.15, 0.2) is 12.1 Å². The van der Waals surface area contributed by atoms with Crippen LogP contribution in [-0.4, -0.2) is 15.9 Å². The normalized spacial score (nSPS) is 10.1. The summed E-state index contributed by atoms with van der Waals surface area (Å²) in [6.07, 6.45) is 1.74. The van der Waals surface area contributed by atoms with E-state index in [-0.39, 0.29) is 16.5 Å². The Bertz CT molecular complexity index is 704. The Morgan fingerprint density at radius 1 is 1.40 bits per heavy atom. The lowest BCUT2D eigenvalue weighted by Crippen LogP contribution is -2.14. The van der Waals surface area contributed by atoms with Crippen LogP contribution in [0.25, 0.3) is 0 Å².